The van der Waals surface area contributed by atoms with Crippen molar-refractivity contribution in [1.82, 2.24) is 0 Å². The SMILES string of the molecule is COc1ccccc1CCC(O)C1CCCC1. The van der Waals surface area contributed by atoms with Crippen molar-refractivity contribution in [2.24, 2.45) is 5.92 Å². The summed E-state index contributed by atoms with van der Waals surface area (Å²) in [6.45, 7) is 0. The Labute approximate surface area is 104 Å². The molecule has 0 amide bonds. The van der Waals surface area contributed by atoms with Gasteiger partial charge >= 0.3 is 0 Å². The average Bonchev–Trinajstić information content (AvgIpc) is 2.90. The van der Waals surface area contributed by atoms with Crippen LogP contribution in [0.3, 0.4) is 0 Å². The third-order valence-electron chi connectivity index (χ3n) is 3.85. The molecular formula is C15H22O2. The molecule has 2 nitrogen and oxygen atoms in total. The van der Waals surface area contributed by atoms with E-state index in [1.807, 2.05) is 18.2 Å². The second kappa shape index (κ2) is 6.06. The average molecular weight is 234 g/mol. The van der Waals surface area contributed by atoms with E-state index in [-0.39, 0.29) is 6.10 Å². The highest BCUT2D eigenvalue weighted by Crippen LogP contribution is 2.30. The summed E-state index contributed by atoms with van der Waals surface area (Å²) in [7, 11) is 1.70. The third kappa shape index (κ3) is 3.22. The van der Waals surface area contributed by atoms with E-state index < -0.39 is 0 Å². The smallest absolute Gasteiger partial charge is 0.122 e. The molecule has 0 bridgehead atoms. The van der Waals surface area contributed by atoms with Crippen LogP contribution in [0.4, 0.5) is 0 Å². The lowest BCUT2D eigenvalue weighted by Crippen LogP contribution is -2.18. The first-order valence-electron chi connectivity index (χ1n) is 6.61. The van der Waals surface area contributed by atoms with Crippen molar-refractivity contribution in [1.29, 1.82) is 0 Å². The molecule has 17 heavy (non-hydrogen) atoms. The number of hydrogen-bond donors (Lipinski definition) is 1. The van der Waals surface area contributed by atoms with Crippen molar-refractivity contribution in [3.05, 3.63) is 29.8 Å². The highest BCUT2D eigenvalue weighted by Gasteiger charge is 2.22. The molecule has 1 N–H and O–H groups in total. The number of ether oxygens (including phenoxy) is 1. The first-order valence-corrected chi connectivity index (χ1v) is 6.61. The van der Waals surface area contributed by atoms with Crippen molar-refractivity contribution in [2.45, 2.75) is 44.6 Å². The molecule has 2 heteroatoms. The zero-order valence-electron chi connectivity index (χ0n) is 10.6. The van der Waals surface area contributed by atoms with Crippen molar-refractivity contribution in [2.75, 3.05) is 7.11 Å². The standard InChI is InChI=1S/C15H22O2/c1-17-15-9-5-4-8-13(15)10-11-14(16)12-6-2-3-7-12/h4-5,8-9,12,14,16H,2-3,6-7,10-11H2,1H3. The molecule has 0 aliphatic heterocycles. The number of aliphatic hydroxyl groups excluding tert-OH is 1. The Kier molecular flexibility index (Phi) is 4.43. The van der Waals surface area contributed by atoms with Gasteiger partial charge in [0.15, 0.2) is 0 Å². The second-order valence-electron chi connectivity index (χ2n) is 4.96. The van der Waals surface area contributed by atoms with E-state index in [1.54, 1.807) is 7.11 Å². The van der Waals surface area contributed by atoms with Gasteiger partial charge in [-0.3, -0.25) is 0 Å². The molecule has 0 aromatic heterocycles. The van der Waals surface area contributed by atoms with Gasteiger partial charge in [-0.25, -0.2) is 0 Å². The number of aliphatic hydroxyl groups is 1. The molecule has 0 spiro atoms. The number of rotatable bonds is 5. The Morgan fingerprint density at radius 3 is 2.71 bits per heavy atom. The number of benzene rings is 1. The van der Waals surface area contributed by atoms with Crippen LogP contribution in [0, 0.1) is 5.92 Å². The minimum Gasteiger partial charge on any atom is -0.496 e. The van der Waals surface area contributed by atoms with E-state index >= 15 is 0 Å². The van der Waals surface area contributed by atoms with Crippen molar-refractivity contribution in [3.63, 3.8) is 0 Å². The van der Waals surface area contributed by atoms with Crippen LogP contribution in [-0.2, 0) is 6.42 Å². The maximum Gasteiger partial charge on any atom is 0.122 e. The molecule has 1 saturated carbocycles. The second-order valence-corrected chi connectivity index (χ2v) is 4.96. The van der Waals surface area contributed by atoms with Crippen LogP contribution in [0.2, 0.25) is 0 Å². The van der Waals surface area contributed by atoms with E-state index in [4.69, 9.17) is 4.74 Å². The summed E-state index contributed by atoms with van der Waals surface area (Å²) in [6, 6.07) is 8.08. The van der Waals surface area contributed by atoms with Gasteiger partial charge in [0.2, 0.25) is 0 Å². The van der Waals surface area contributed by atoms with Crippen LogP contribution in [0.1, 0.15) is 37.7 Å². The van der Waals surface area contributed by atoms with Crippen LogP contribution in [0.5, 0.6) is 5.75 Å². The predicted molar refractivity (Wildman–Crippen MR) is 69.3 cm³/mol. The van der Waals surface area contributed by atoms with Crippen molar-refractivity contribution >= 4 is 0 Å². The molecule has 94 valence electrons. The minimum absolute atomic E-state index is 0.137. The summed E-state index contributed by atoms with van der Waals surface area (Å²) in [6.07, 6.45) is 6.60. The molecular weight excluding hydrogens is 212 g/mol. The van der Waals surface area contributed by atoms with Crippen molar-refractivity contribution in [3.8, 4) is 5.75 Å². The van der Waals surface area contributed by atoms with Gasteiger partial charge in [-0.2, -0.15) is 0 Å². The summed E-state index contributed by atoms with van der Waals surface area (Å²) in [5.41, 5.74) is 1.20. The maximum atomic E-state index is 10.1. The molecule has 0 heterocycles. The zero-order valence-corrected chi connectivity index (χ0v) is 10.6. The number of aryl methyl sites for hydroxylation is 1. The Hall–Kier alpha value is -1.02. The lowest BCUT2D eigenvalue weighted by molar-refractivity contribution is 0.102. The Morgan fingerprint density at radius 1 is 1.29 bits per heavy atom. The fourth-order valence-electron chi connectivity index (χ4n) is 2.79. The molecule has 0 radical (unpaired) electrons. The fraction of sp³-hybridized carbons (Fsp3) is 0.600. The highest BCUT2D eigenvalue weighted by atomic mass is 16.5. The summed E-state index contributed by atoms with van der Waals surface area (Å²) >= 11 is 0. The summed E-state index contributed by atoms with van der Waals surface area (Å²) in [4.78, 5) is 0. The number of para-hydroxylation sites is 1. The molecule has 1 aliphatic carbocycles. The van der Waals surface area contributed by atoms with Gasteiger partial charge in [-0.05, 0) is 43.2 Å². The van der Waals surface area contributed by atoms with Gasteiger partial charge in [-0.15, -0.1) is 0 Å². The Morgan fingerprint density at radius 2 is 2.00 bits per heavy atom. The van der Waals surface area contributed by atoms with Gasteiger partial charge in [0.1, 0.15) is 5.75 Å². The van der Waals surface area contributed by atoms with Gasteiger partial charge in [0, 0.05) is 0 Å². The number of hydrogen-bond acceptors (Lipinski definition) is 2. The van der Waals surface area contributed by atoms with E-state index in [0.29, 0.717) is 5.92 Å². The summed E-state index contributed by atoms with van der Waals surface area (Å²) in [5.74, 6) is 1.47. The lowest BCUT2D eigenvalue weighted by Gasteiger charge is -2.18. The minimum atomic E-state index is -0.137. The van der Waals surface area contributed by atoms with Gasteiger partial charge in [-0.1, -0.05) is 31.0 Å². The quantitative estimate of drug-likeness (QED) is 0.848. The highest BCUT2D eigenvalue weighted by molar-refractivity contribution is 5.33. The van der Waals surface area contributed by atoms with Gasteiger partial charge < -0.3 is 9.84 Å². The molecule has 1 aliphatic rings. The molecule has 1 unspecified atom stereocenters. The first-order chi connectivity index (χ1) is 8.31. The van der Waals surface area contributed by atoms with E-state index in [2.05, 4.69) is 6.07 Å². The predicted octanol–water partition coefficient (Wildman–Crippen LogP) is 3.18. The van der Waals surface area contributed by atoms with Gasteiger partial charge in [0.05, 0.1) is 13.2 Å². The van der Waals surface area contributed by atoms with Crippen LogP contribution in [0.15, 0.2) is 24.3 Å². The number of methoxy groups -OCH3 is 1. The molecule has 1 aromatic rings. The molecule has 0 saturated heterocycles. The van der Waals surface area contributed by atoms with E-state index in [0.717, 1.165) is 18.6 Å². The largest absolute Gasteiger partial charge is 0.496 e. The van der Waals surface area contributed by atoms with E-state index in [9.17, 15) is 5.11 Å². The zero-order chi connectivity index (χ0) is 12.1. The monoisotopic (exact) mass is 234 g/mol. The molecule has 1 aromatic carbocycles. The normalized spacial score (nSPS) is 18.2. The molecule has 1 atom stereocenters. The molecule has 1 fully saturated rings. The van der Waals surface area contributed by atoms with Crippen LogP contribution in [0.25, 0.3) is 0 Å². The Bertz CT molecular complexity index is 343. The summed E-state index contributed by atoms with van der Waals surface area (Å²) < 4.78 is 5.32. The fourth-order valence-corrected chi connectivity index (χ4v) is 2.79. The van der Waals surface area contributed by atoms with Crippen LogP contribution >= 0.6 is 0 Å². The van der Waals surface area contributed by atoms with E-state index in [1.165, 1.54) is 31.2 Å². The Balaban J connectivity index is 1.88. The third-order valence-corrected chi connectivity index (χ3v) is 3.85. The van der Waals surface area contributed by atoms with Crippen LogP contribution in [-0.4, -0.2) is 18.3 Å². The lowest BCUT2D eigenvalue weighted by atomic mass is 9.95. The topological polar surface area (TPSA) is 29.5 Å². The van der Waals surface area contributed by atoms with Crippen LogP contribution < -0.4 is 4.74 Å². The summed E-state index contributed by atoms with van der Waals surface area (Å²) in [5, 5.41) is 10.1. The van der Waals surface area contributed by atoms with Gasteiger partial charge in [0.25, 0.3) is 0 Å². The first kappa shape index (κ1) is 12.4. The molecule has 2 rings (SSSR count). The maximum absolute atomic E-state index is 10.1. The van der Waals surface area contributed by atoms with Crippen molar-refractivity contribution < 1.29 is 9.84 Å².